The fraction of sp³-hybridized carbons (Fsp3) is 0.300. The number of aliphatic hydroxyl groups excluding tert-OH is 1. The van der Waals surface area contributed by atoms with E-state index in [4.69, 9.17) is 15.2 Å². The fourth-order valence-electron chi connectivity index (χ4n) is 1.64. The van der Waals surface area contributed by atoms with E-state index >= 15 is 0 Å². The van der Waals surface area contributed by atoms with Crippen LogP contribution >= 0.6 is 0 Å². The summed E-state index contributed by atoms with van der Waals surface area (Å²) in [5, 5.41) is 27.3. The third-order valence-electron chi connectivity index (χ3n) is 2.64. The SMILES string of the molecule is C[C@@H](CO)n1cnc2ccc(B(O)O)cc21. The van der Waals surface area contributed by atoms with E-state index in [0.717, 1.165) is 11.0 Å². The lowest BCUT2D eigenvalue weighted by Crippen LogP contribution is -2.29. The lowest BCUT2D eigenvalue weighted by Gasteiger charge is -2.11. The highest BCUT2D eigenvalue weighted by molar-refractivity contribution is 6.58. The van der Waals surface area contributed by atoms with Gasteiger partial charge < -0.3 is 19.7 Å². The molecule has 84 valence electrons. The Hall–Kier alpha value is -1.37. The van der Waals surface area contributed by atoms with Gasteiger partial charge in [-0.25, -0.2) is 4.98 Å². The van der Waals surface area contributed by atoms with Gasteiger partial charge in [0.25, 0.3) is 0 Å². The molecule has 0 radical (unpaired) electrons. The van der Waals surface area contributed by atoms with Gasteiger partial charge in [0.2, 0.25) is 0 Å². The molecule has 16 heavy (non-hydrogen) atoms. The number of rotatable bonds is 3. The average Bonchev–Trinajstić information content (AvgIpc) is 2.70. The summed E-state index contributed by atoms with van der Waals surface area (Å²) in [6.45, 7) is 1.88. The molecule has 2 rings (SSSR count). The molecule has 0 amide bonds. The van der Waals surface area contributed by atoms with Crippen LogP contribution in [0.4, 0.5) is 0 Å². The van der Waals surface area contributed by atoms with Crippen molar-refractivity contribution >= 4 is 23.6 Å². The van der Waals surface area contributed by atoms with Crippen LogP contribution in [-0.2, 0) is 0 Å². The van der Waals surface area contributed by atoms with Gasteiger partial charge >= 0.3 is 7.12 Å². The van der Waals surface area contributed by atoms with Gasteiger partial charge in [-0.3, -0.25) is 0 Å². The van der Waals surface area contributed by atoms with Crippen molar-refractivity contribution in [1.29, 1.82) is 0 Å². The monoisotopic (exact) mass is 220 g/mol. The lowest BCUT2D eigenvalue weighted by atomic mass is 9.80. The van der Waals surface area contributed by atoms with Crippen LogP contribution in [0.15, 0.2) is 24.5 Å². The molecule has 0 spiro atoms. The molecule has 0 unspecified atom stereocenters. The van der Waals surface area contributed by atoms with Crippen molar-refractivity contribution < 1.29 is 15.2 Å². The number of hydrogen-bond acceptors (Lipinski definition) is 4. The zero-order valence-corrected chi connectivity index (χ0v) is 8.91. The van der Waals surface area contributed by atoms with Crippen molar-refractivity contribution in [2.75, 3.05) is 6.61 Å². The topological polar surface area (TPSA) is 78.5 Å². The van der Waals surface area contributed by atoms with Crippen LogP contribution in [0.2, 0.25) is 0 Å². The Labute approximate surface area is 93.1 Å². The van der Waals surface area contributed by atoms with Gasteiger partial charge in [-0.1, -0.05) is 6.07 Å². The van der Waals surface area contributed by atoms with E-state index < -0.39 is 7.12 Å². The predicted octanol–water partition coefficient (Wildman–Crippen LogP) is -0.731. The molecular formula is C10H13BN2O3. The molecule has 0 bridgehead atoms. The number of nitrogens with zero attached hydrogens (tertiary/aromatic N) is 2. The van der Waals surface area contributed by atoms with E-state index in [9.17, 15) is 0 Å². The maximum atomic E-state index is 9.10. The number of aromatic nitrogens is 2. The van der Waals surface area contributed by atoms with E-state index in [2.05, 4.69) is 4.98 Å². The minimum absolute atomic E-state index is 0.0113. The molecule has 3 N–H and O–H groups in total. The van der Waals surface area contributed by atoms with Crippen LogP contribution < -0.4 is 5.46 Å². The van der Waals surface area contributed by atoms with E-state index in [1.54, 1.807) is 29.1 Å². The first-order valence-corrected chi connectivity index (χ1v) is 5.07. The van der Waals surface area contributed by atoms with Crippen LogP contribution in [0.25, 0.3) is 11.0 Å². The molecule has 5 nitrogen and oxygen atoms in total. The Bertz CT molecular complexity index is 498. The molecule has 1 aromatic heterocycles. The summed E-state index contributed by atoms with van der Waals surface area (Å²) in [7, 11) is -1.49. The summed E-state index contributed by atoms with van der Waals surface area (Å²) in [5.74, 6) is 0. The first-order valence-electron chi connectivity index (χ1n) is 5.07. The summed E-state index contributed by atoms with van der Waals surface area (Å²) in [6.07, 6.45) is 1.64. The maximum absolute atomic E-state index is 9.10. The van der Waals surface area contributed by atoms with E-state index in [1.807, 2.05) is 6.92 Å². The second-order valence-corrected chi connectivity index (χ2v) is 3.81. The normalized spacial score (nSPS) is 13.0. The minimum atomic E-state index is -1.49. The fourth-order valence-corrected chi connectivity index (χ4v) is 1.64. The molecule has 0 aliphatic rings. The highest BCUT2D eigenvalue weighted by atomic mass is 16.4. The van der Waals surface area contributed by atoms with Crippen molar-refractivity contribution in [2.24, 2.45) is 0 Å². The van der Waals surface area contributed by atoms with E-state index in [0.29, 0.717) is 5.46 Å². The molecule has 1 atom stereocenters. The van der Waals surface area contributed by atoms with Gasteiger partial charge in [0, 0.05) is 0 Å². The summed E-state index contributed by atoms with van der Waals surface area (Å²) in [6, 6.07) is 4.92. The van der Waals surface area contributed by atoms with Crippen molar-refractivity contribution in [2.45, 2.75) is 13.0 Å². The molecule has 1 heterocycles. The number of benzene rings is 1. The quantitative estimate of drug-likeness (QED) is 0.596. The number of fused-ring (bicyclic) bond motifs is 1. The van der Waals surface area contributed by atoms with Gasteiger partial charge in [0.15, 0.2) is 0 Å². The van der Waals surface area contributed by atoms with Crippen LogP contribution in [0, 0.1) is 0 Å². The summed E-state index contributed by atoms with van der Waals surface area (Å²) < 4.78 is 1.81. The molecule has 0 fully saturated rings. The van der Waals surface area contributed by atoms with Gasteiger partial charge in [-0.2, -0.15) is 0 Å². The Morgan fingerprint density at radius 2 is 2.19 bits per heavy atom. The standard InChI is InChI=1S/C10H13BN2O3/c1-7(5-14)13-6-12-9-3-2-8(11(15)16)4-10(9)13/h2-4,6-7,14-16H,5H2,1H3/t7-/m0/s1. The van der Waals surface area contributed by atoms with Crippen LogP contribution in [0.3, 0.4) is 0 Å². The Kier molecular flexibility index (Phi) is 2.96. The van der Waals surface area contributed by atoms with Crippen LogP contribution in [0.5, 0.6) is 0 Å². The lowest BCUT2D eigenvalue weighted by molar-refractivity contribution is 0.241. The Morgan fingerprint density at radius 1 is 1.44 bits per heavy atom. The third-order valence-corrected chi connectivity index (χ3v) is 2.64. The minimum Gasteiger partial charge on any atom is -0.423 e. The highest BCUT2D eigenvalue weighted by Crippen LogP contribution is 2.16. The second kappa shape index (κ2) is 4.25. The summed E-state index contributed by atoms with van der Waals surface area (Å²) in [5.41, 5.74) is 1.97. The number of aliphatic hydroxyl groups is 1. The third kappa shape index (κ3) is 1.82. The molecule has 0 aliphatic carbocycles. The van der Waals surface area contributed by atoms with Crippen LogP contribution in [0.1, 0.15) is 13.0 Å². The Balaban J connectivity index is 2.55. The molecule has 1 aromatic carbocycles. The maximum Gasteiger partial charge on any atom is 0.488 e. The first-order chi connectivity index (χ1) is 7.63. The van der Waals surface area contributed by atoms with Crippen molar-refractivity contribution in [3.05, 3.63) is 24.5 Å². The van der Waals surface area contributed by atoms with Gasteiger partial charge in [-0.15, -0.1) is 0 Å². The Morgan fingerprint density at radius 3 is 2.81 bits per heavy atom. The van der Waals surface area contributed by atoms with Crippen molar-refractivity contribution in [1.82, 2.24) is 9.55 Å². The zero-order valence-electron chi connectivity index (χ0n) is 8.91. The first kappa shape index (κ1) is 11.1. The van der Waals surface area contributed by atoms with Gasteiger partial charge in [0.05, 0.1) is 30.0 Å². The van der Waals surface area contributed by atoms with E-state index in [1.165, 1.54) is 0 Å². The highest BCUT2D eigenvalue weighted by Gasteiger charge is 2.14. The molecule has 6 heteroatoms. The van der Waals surface area contributed by atoms with E-state index in [-0.39, 0.29) is 12.6 Å². The summed E-state index contributed by atoms with van der Waals surface area (Å²) in [4.78, 5) is 4.18. The largest absolute Gasteiger partial charge is 0.488 e. The van der Waals surface area contributed by atoms with Gasteiger partial charge in [0.1, 0.15) is 0 Å². The number of hydrogen-bond donors (Lipinski definition) is 3. The van der Waals surface area contributed by atoms with Crippen molar-refractivity contribution in [3.63, 3.8) is 0 Å². The number of imidazole rings is 1. The molecule has 2 aromatic rings. The van der Waals surface area contributed by atoms with Crippen molar-refractivity contribution in [3.8, 4) is 0 Å². The molecule has 0 saturated carbocycles. The zero-order chi connectivity index (χ0) is 11.7. The molecular weight excluding hydrogens is 207 g/mol. The molecule has 0 aliphatic heterocycles. The smallest absolute Gasteiger partial charge is 0.423 e. The molecule has 0 saturated heterocycles. The predicted molar refractivity (Wildman–Crippen MR) is 61.4 cm³/mol. The van der Waals surface area contributed by atoms with Crippen LogP contribution in [-0.4, -0.2) is 38.4 Å². The second-order valence-electron chi connectivity index (χ2n) is 3.81. The van der Waals surface area contributed by atoms with Gasteiger partial charge in [-0.05, 0) is 24.5 Å². The summed E-state index contributed by atoms with van der Waals surface area (Å²) >= 11 is 0. The average molecular weight is 220 g/mol.